The standard InChI is InChI=1S/C13H14N2O4S/c1-7-4-11(8(2)19-7)12(17)18-5-10-6-20-13(15-10)14-9(3)16/h4,6H,5H2,1-3H3,(H,14,15,16). The van der Waals surface area contributed by atoms with E-state index in [0.717, 1.165) is 0 Å². The zero-order valence-electron chi connectivity index (χ0n) is 11.4. The number of furan rings is 1. The van der Waals surface area contributed by atoms with E-state index in [1.807, 2.05) is 0 Å². The van der Waals surface area contributed by atoms with Gasteiger partial charge in [0.25, 0.3) is 0 Å². The van der Waals surface area contributed by atoms with Crippen LogP contribution in [0.4, 0.5) is 5.13 Å². The normalized spacial score (nSPS) is 10.3. The number of ether oxygens (including phenoxy) is 1. The Morgan fingerprint density at radius 2 is 2.20 bits per heavy atom. The molecule has 2 rings (SSSR count). The number of carbonyl (C=O) groups is 2. The Labute approximate surface area is 119 Å². The third-order valence-electron chi connectivity index (χ3n) is 2.45. The molecule has 0 aliphatic carbocycles. The smallest absolute Gasteiger partial charge is 0.342 e. The first kappa shape index (κ1) is 14.3. The third-order valence-corrected chi connectivity index (χ3v) is 3.25. The summed E-state index contributed by atoms with van der Waals surface area (Å²) >= 11 is 1.28. The van der Waals surface area contributed by atoms with Gasteiger partial charge in [0, 0.05) is 12.3 Å². The summed E-state index contributed by atoms with van der Waals surface area (Å²) in [4.78, 5) is 26.9. The Morgan fingerprint density at radius 3 is 2.80 bits per heavy atom. The summed E-state index contributed by atoms with van der Waals surface area (Å²) in [6, 6.07) is 1.64. The number of nitrogens with one attached hydrogen (secondary N) is 1. The lowest BCUT2D eigenvalue weighted by atomic mass is 10.2. The van der Waals surface area contributed by atoms with E-state index in [0.29, 0.717) is 27.9 Å². The highest BCUT2D eigenvalue weighted by molar-refractivity contribution is 7.13. The molecule has 7 heteroatoms. The molecule has 2 aromatic rings. The summed E-state index contributed by atoms with van der Waals surface area (Å²) < 4.78 is 10.4. The Kier molecular flexibility index (Phi) is 4.19. The second-order valence-corrected chi connectivity index (χ2v) is 5.09. The van der Waals surface area contributed by atoms with E-state index in [9.17, 15) is 9.59 Å². The summed E-state index contributed by atoms with van der Waals surface area (Å²) in [6.45, 7) is 4.94. The van der Waals surface area contributed by atoms with Crippen LogP contribution in [0, 0.1) is 13.8 Å². The van der Waals surface area contributed by atoms with Crippen molar-refractivity contribution in [1.82, 2.24) is 4.98 Å². The first-order valence-corrected chi connectivity index (χ1v) is 6.80. The van der Waals surface area contributed by atoms with Crippen molar-refractivity contribution in [3.05, 3.63) is 34.2 Å². The average molecular weight is 294 g/mol. The van der Waals surface area contributed by atoms with Gasteiger partial charge < -0.3 is 14.5 Å². The lowest BCUT2D eigenvalue weighted by molar-refractivity contribution is -0.114. The van der Waals surface area contributed by atoms with Gasteiger partial charge in [-0.1, -0.05) is 0 Å². The lowest BCUT2D eigenvalue weighted by Gasteiger charge is -2.01. The number of aryl methyl sites for hydroxylation is 2. The van der Waals surface area contributed by atoms with E-state index in [-0.39, 0.29) is 12.5 Å². The zero-order valence-corrected chi connectivity index (χ0v) is 12.2. The highest BCUT2D eigenvalue weighted by Crippen LogP contribution is 2.18. The Balaban J connectivity index is 1.95. The van der Waals surface area contributed by atoms with Gasteiger partial charge in [-0.2, -0.15) is 0 Å². The number of anilines is 1. The van der Waals surface area contributed by atoms with Crippen LogP contribution >= 0.6 is 11.3 Å². The molecule has 0 saturated carbocycles. The first-order valence-electron chi connectivity index (χ1n) is 5.92. The van der Waals surface area contributed by atoms with Gasteiger partial charge in [-0.25, -0.2) is 9.78 Å². The maximum absolute atomic E-state index is 11.9. The minimum absolute atomic E-state index is 0.0542. The molecule has 0 saturated heterocycles. The number of rotatable bonds is 4. The largest absolute Gasteiger partial charge is 0.466 e. The fourth-order valence-electron chi connectivity index (χ4n) is 1.63. The van der Waals surface area contributed by atoms with Gasteiger partial charge in [0.05, 0.1) is 5.69 Å². The molecule has 106 valence electrons. The van der Waals surface area contributed by atoms with Crippen molar-refractivity contribution in [3.63, 3.8) is 0 Å². The summed E-state index contributed by atoms with van der Waals surface area (Å²) in [7, 11) is 0. The van der Waals surface area contributed by atoms with Gasteiger partial charge in [0.15, 0.2) is 5.13 Å². The molecule has 0 spiro atoms. The van der Waals surface area contributed by atoms with Crippen LogP contribution in [0.3, 0.4) is 0 Å². The van der Waals surface area contributed by atoms with Crippen molar-refractivity contribution in [2.45, 2.75) is 27.4 Å². The number of aromatic nitrogens is 1. The van der Waals surface area contributed by atoms with Crippen LogP contribution in [0.2, 0.25) is 0 Å². The lowest BCUT2D eigenvalue weighted by Crippen LogP contribution is -2.07. The molecule has 0 aliphatic rings. The number of esters is 1. The second-order valence-electron chi connectivity index (χ2n) is 4.23. The molecule has 2 aromatic heterocycles. The SMILES string of the molecule is CC(=O)Nc1nc(COC(=O)c2cc(C)oc2C)cs1. The average Bonchev–Trinajstić information content (AvgIpc) is 2.92. The van der Waals surface area contributed by atoms with Crippen molar-refractivity contribution in [3.8, 4) is 0 Å². The van der Waals surface area contributed by atoms with Crippen LogP contribution in [0.1, 0.15) is 34.5 Å². The minimum Gasteiger partial charge on any atom is -0.466 e. The van der Waals surface area contributed by atoms with Crippen molar-refractivity contribution in [1.29, 1.82) is 0 Å². The van der Waals surface area contributed by atoms with Crippen LogP contribution in [-0.4, -0.2) is 16.9 Å². The summed E-state index contributed by atoms with van der Waals surface area (Å²) in [5.74, 6) is 0.557. The Morgan fingerprint density at radius 1 is 1.45 bits per heavy atom. The van der Waals surface area contributed by atoms with E-state index < -0.39 is 5.97 Å². The third kappa shape index (κ3) is 3.45. The molecule has 0 fully saturated rings. The molecule has 0 radical (unpaired) electrons. The van der Waals surface area contributed by atoms with E-state index in [2.05, 4.69) is 10.3 Å². The predicted octanol–water partition coefficient (Wildman–Crippen LogP) is 2.67. The number of thiazole rings is 1. The number of hydrogen-bond acceptors (Lipinski definition) is 6. The number of carbonyl (C=O) groups excluding carboxylic acids is 2. The number of nitrogens with zero attached hydrogens (tertiary/aromatic N) is 1. The van der Waals surface area contributed by atoms with Crippen LogP contribution < -0.4 is 5.32 Å². The molecule has 1 amide bonds. The van der Waals surface area contributed by atoms with Gasteiger partial charge in [0.1, 0.15) is 23.7 Å². The van der Waals surface area contributed by atoms with E-state index in [1.165, 1.54) is 18.3 Å². The highest BCUT2D eigenvalue weighted by atomic mass is 32.1. The molecule has 6 nitrogen and oxygen atoms in total. The van der Waals surface area contributed by atoms with Gasteiger partial charge in [-0.05, 0) is 19.9 Å². The maximum atomic E-state index is 11.9. The maximum Gasteiger partial charge on any atom is 0.342 e. The summed E-state index contributed by atoms with van der Waals surface area (Å²) in [6.07, 6.45) is 0. The van der Waals surface area contributed by atoms with E-state index >= 15 is 0 Å². The van der Waals surface area contributed by atoms with Crippen molar-refractivity contribution in [2.24, 2.45) is 0 Å². The molecule has 0 bridgehead atoms. The van der Waals surface area contributed by atoms with E-state index in [4.69, 9.17) is 9.15 Å². The molecule has 0 atom stereocenters. The summed E-state index contributed by atoms with van der Waals surface area (Å²) in [5.41, 5.74) is 1.00. The summed E-state index contributed by atoms with van der Waals surface area (Å²) in [5, 5.41) is 4.78. The first-order chi connectivity index (χ1) is 9.45. The van der Waals surface area contributed by atoms with Gasteiger partial charge in [-0.15, -0.1) is 11.3 Å². The number of amides is 1. The molecule has 1 N–H and O–H groups in total. The van der Waals surface area contributed by atoms with Crippen molar-refractivity contribution in [2.75, 3.05) is 5.32 Å². The van der Waals surface area contributed by atoms with Crippen LogP contribution in [-0.2, 0) is 16.1 Å². The molecule has 20 heavy (non-hydrogen) atoms. The fraction of sp³-hybridized carbons (Fsp3) is 0.308. The van der Waals surface area contributed by atoms with Gasteiger partial charge in [-0.3, -0.25) is 4.79 Å². The number of hydrogen-bond donors (Lipinski definition) is 1. The monoisotopic (exact) mass is 294 g/mol. The van der Waals surface area contributed by atoms with E-state index in [1.54, 1.807) is 25.3 Å². The molecular weight excluding hydrogens is 280 g/mol. The molecule has 0 unspecified atom stereocenters. The molecule has 2 heterocycles. The van der Waals surface area contributed by atoms with Crippen molar-refractivity contribution < 1.29 is 18.7 Å². The second kappa shape index (κ2) is 5.87. The zero-order chi connectivity index (χ0) is 14.7. The topological polar surface area (TPSA) is 81.4 Å². The molecule has 0 aromatic carbocycles. The van der Waals surface area contributed by atoms with Crippen LogP contribution in [0.5, 0.6) is 0 Å². The predicted molar refractivity (Wildman–Crippen MR) is 73.7 cm³/mol. The van der Waals surface area contributed by atoms with Gasteiger partial charge >= 0.3 is 5.97 Å². The molecular formula is C13H14N2O4S. The van der Waals surface area contributed by atoms with Crippen LogP contribution in [0.25, 0.3) is 0 Å². The minimum atomic E-state index is -0.451. The quantitative estimate of drug-likeness (QED) is 0.877. The van der Waals surface area contributed by atoms with Crippen LogP contribution in [0.15, 0.2) is 15.9 Å². The van der Waals surface area contributed by atoms with Gasteiger partial charge in [0.2, 0.25) is 5.91 Å². The Hall–Kier alpha value is -2.15. The fourth-order valence-corrected chi connectivity index (χ4v) is 2.37. The highest BCUT2D eigenvalue weighted by Gasteiger charge is 2.15. The van der Waals surface area contributed by atoms with Crippen molar-refractivity contribution >= 4 is 28.3 Å². The molecule has 0 aliphatic heterocycles. The Bertz CT molecular complexity index is 645.